The highest BCUT2D eigenvalue weighted by molar-refractivity contribution is 8.04. The van der Waals surface area contributed by atoms with Crippen molar-refractivity contribution in [2.24, 2.45) is 0 Å². The fourth-order valence-electron chi connectivity index (χ4n) is 2.80. The molecule has 5 nitrogen and oxygen atoms in total. The van der Waals surface area contributed by atoms with Crippen LogP contribution < -0.4 is 0 Å². The van der Waals surface area contributed by atoms with Crippen LogP contribution in [0.3, 0.4) is 0 Å². The first-order valence-electron chi connectivity index (χ1n) is 11.5. The highest BCUT2D eigenvalue weighted by Gasteiger charge is 2.14. The maximum Gasteiger partial charge on any atom is 0.320 e. The highest BCUT2D eigenvalue weighted by Crippen LogP contribution is 2.31. The first-order valence-corrected chi connectivity index (χ1v) is 12.6. The fraction of sp³-hybridized carbons (Fsp3) is 0.909. The minimum atomic E-state index is -1.89. The number of carbonyl (C=O) groups is 2. The summed E-state index contributed by atoms with van der Waals surface area (Å²) in [6, 6.07) is 0. The van der Waals surface area contributed by atoms with Crippen molar-refractivity contribution < 1.29 is 22.1 Å². The predicted molar refractivity (Wildman–Crippen MR) is 118 cm³/mol. The zero-order valence-corrected chi connectivity index (χ0v) is 19.4. The zero-order valence-electron chi connectivity index (χ0n) is 18.5. The Labute approximate surface area is 176 Å². The van der Waals surface area contributed by atoms with Crippen molar-refractivity contribution in [2.45, 2.75) is 124 Å². The molecule has 0 fully saturated rings. The Bertz CT molecular complexity index is 358. The van der Waals surface area contributed by atoms with Crippen molar-refractivity contribution in [3.05, 3.63) is 0 Å². The van der Waals surface area contributed by atoms with Crippen molar-refractivity contribution in [3.8, 4) is 0 Å². The summed E-state index contributed by atoms with van der Waals surface area (Å²) < 4.78 is 15.6. The van der Waals surface area contributed by atoms with Gasteiger partial charge in [-0.25, -0.2) is 0 Å². The smallest absolute Gasteiger partial charge is 0.320 e. The Kier molecular flexibility index (Phi) is 20.4. The van der Waals surface area contributed by atoms with Crippen LogP contribution >= 0.6 is 11.7 Å². The van der Waals surface area contributed by atoms with E-state index in [9.17, 15) is 9.59 Å². The highest BCUT2D eigenvalue weighted by atomic mass is 32.3. The third kappa shape index (κ3) is 18.6. The van der Waals surface area contributed by atoms with Crippen LogP contribution in [0.15, 0.2) is 0 Å². The lowest BCUT2D eigenvalue weighted by atomic mass is 10.0. The number of thiol groups is 1. The number of carbonyl (C=O) groups excluding carboxylic acids is 2. The number of hydrogen-bond acceptors (Lipinski definition) is 5. The lowest BCUT2D eigenvalue weighted by Gasteiger charge is -2.20. The maximum atomic E-state index is 11.4. The summed E-state index contributed by atoms with van der Waals surface area (Å²) >= 11 is -1.89. The van der Waals surface area contributed by atoms with Crippen molar-refractivity contribution in [3.63, 3.8) is 0 Å². The summed E-state index contributed by atoms with van der Waals surface area (Å²) in [7, 11) is 0. The zero-order chi connectivity index (χ0) is 20.9. The second-order valence-electron chi connectivity index (χ2n) is 7.29. The molecule has 168 valence electrons. The van der Waals surface area contributed by atoms with E-state index < -0.39 is 23.7 Å². The van der Waals surface area contributed by atoms with Gasteiger partial charge in [0.1, 0.15) is 0 Å². The molecule has 0 aromatic carbocycles. The lowest BCUT2D eigenvalue weighted by molar-refractivity contribution is -0.137. The van der Waals surface area contributed by atoms with E-state index in [-0.39, 0.29) is 12.8 Å². The fourth-order valence-corrected chi connectivity index (χ4v) is 3.81. The van der Waals surface area contributed by atoms with E-state index in [1.807, 2.05) is 0 Å². The molecule has 0 bridgehead atoms. The van der Waals surface area contributed by atoms with Crippen molar-refractivity contribution in [1.29, 1.82) is 0 Å². The molecule has 0 radical (unpaired) electrons. The summed E-state index contributed by atoms with van der Waals surface area (Å²) in [5.41, 5.74) is 0. The van der Waals surface area contributed by atoms with Gasteiger partial charge in [0.15, 0.2) is 11.7 Å². The minimum Gasteiger partial charge on any atom is -0.360 e. The third-order valence-electron chi connectivity index (χ3n) is 4.62. The molecular formula is C22H44O5S. The first-order chi connectivity index (χ1) is 13.6. The average Bonchev–Trinajstić information content (AvgIpc) is 2.70. The molecule has 0 aliphatic heterocycles. The van der Waals surface area contributed by atoms with Crippen molar-refractivity contribution in [1.82, 2.24) is 0 Å². The van der Waals surface area contributed by atoms with Gasteiger partial charge >= 0.3 is 11.9 Å². The molecule has 0 saturated carbocycles. The predicted octanol–water partition coefficient (Wildman–Crippen LogP) is 7.14. The van der Waals surface area contributed by atoms with Crippen LogP contribution in [0.1, 0.15) is 124 Å². The van der Waals surface area contributed by atoms with Gasteiger partial charge in [0.05, 0.1) is 6.61 Å². The van der Waals surface area contributed by atoms with Crippen LogP contribution in [-0.4, -0.2) is 18.5 Å². The number of rotatable bonds is 20. The van der Waals surface area contributed by atoms with Gasteiger partial charge in [-0.05, 0) is 6.42 Å². The molecule has 0 spiro atoms. The van der Waals surface area contributed by atoms with Gasteiger partial charge in [0, 0.05) is 12.8 Å². The van der Waals surface area contributed by atoms with Crippen LogP contribution in [0.4, 0.5) is 0 Å². The van der Waals surface area contributed by atoms with E-state index in [0.29, 0.717) is 6.61 Å². The van der Waals surface area contributed by atoms with Gasteiger partial charge in [-0.2, -0.15) is 0 Å². The number of unbranched alkanes of at least 4 members (excludes halogenated alkanes) is 13. The Morgan fingerprint density at radius 2 is 0.929 bits per heavy atom. The molecular weight excluding hydrogens is 376 g/mol. The Balaban J connectivity index is 3.50. The molecule has 6 heteroatoms. The molecule has 0 amide bonds. The number of hydrogen-bond donors (Lipinski definition) is 1. The Morgan fingerprint density at radius 1 is 0.571 bits per heavy atom. The van der Waals surface area contributed by atoms with Crippen molar-refractivity contribution in [2.75, 3.05) is 6.61 Å². The summed E-state index contributed by atoms with van der Waals surface area (Å²) in [6.07, 6.45) is 18.7. The minimum absolute atomic E-state index is 0.241. The molecule has 0 unspecified atom stereocenters. The van der Waals surface area contributed by atoms with Gasteiger partial charge in [0.2, 0.25) is 0 Å². The molecule has 0 aromatic heterocycles. The molecule has 0 N–H and O–H groups in total. The molecule has 0 rings (SSSR count). The van der Waals surface area contributed by atoms with Crippen LogP contribution in [0.5, 0.6) is 0 Å². The molecule has 0 heterocycles. The molecule has 28 heavy (non-hydrogen) atoms. The molecule has 0 aliphatic carbocycles. The first kappa shape index (κ1) is 27.2. The Morgan fingerprint density at radius 3 is 1.29 bits per heavy atom. The largest absolute Gasteiger partial charge is 0.360 e. The molecule has 0 atom stereocenters. The van der Waals surface area contributed by atoms with E-state index in [0.717, 1.165) is 12.8 Å². The quantitative estimate of drug-likeness (QED) is 0.167. The lowest BCUT2D eigenvalue weighted by Crippen LogP contribution is -2.09. The standard InChI is InChI=1S/C22H44O5S/c1-4-7-8-9-10-11-12-13-14-15-16-17-18-19-20-25-28(26-21(23)5-2)27-22(24)6-3/h28H,4-20H2,1-3H3. The molecule has 0 aliphatic rings. The second-order valence-corrected chi connectivity index (χ2v) is 8.36. The Hall–Kier alpha value is -0.750. The molecule has 0 saturated heterocycles. The second kappa shape index (κ2) is 21.0. The molecule has 0 aromatic rings. The van der Waals surface area contributed by atoms with Gasteiger partial charge in [0.25, 0.3) is 0 Å². The SMILES string of the molecule is CCCCCCCCCCCCCCCCO[SH](OC(=O)CC)OC(=O)CC. The van der Waals surface area contributed by atoms with E-state index in [4.69, 9.17) is 12.5 Å². The maximum absolute atomic E-state index is 11.4. The van der Waals surface area contributed by atoms with E-state index in [1.54, 1.807) is 13.8 Å². The van der Waals surface area contributed by atoms with Gasteiger partial charge in [-0.1, -0.05) is 104 Å². The van der Waals surface area contributed by atoms with Crippen LogP contribution in [0.2, 0.25) is 0 Å². The summed E-state index contributed by atoms with van der Waals surface area (Å²) in [4.78, 5) is 22.8. The van der Waals surface area contributed by atoms with Gasteiger partial charge in [-0.3, -0.25) is 13.8 Å². The van der Waals surface area contributed by atoms with Crippen LogP contribution in [-0.2, 0) is 22.1 Å². The van der Waals surface area contributed by atoms with Gasteiger partial charge in [-0.15, -0.1) is 0 Å². The van der Waals surface area contributed by atoms with Crippen LogP contribution in [0.25, 0.3) is 0 Å². The van der Waals surface area contributed by atoms with Crippen molar-refractivity contribution >= 4 is 23.7 Å². The normalized spacial score (nSPS) is 11.3. The average molecular weight is 421 g/mol. The summed E-state index contributed by atoms with van der Waals surface area (Å²) in [5.74, 6) is -0.813. The van der Waals surface area contributed by atoms with E-state index in [2.05, 4.69) is 6.92 Å². The van der Waals surface area contributed by atoms with Gasteiger partial charge < -0.3 is 8.37 Å². The topological polar surface area (TPSA) is 61.8 Å². The monoisotopic (exact) mass is 420 g/mol. The third-order valence-corrected chi connectivity index (χ3v) is 5.72. The van der Waals surface area contributed by atoms with E-state index in [1.165, 1.54) is 77.0 Å². The summed E-state index contributed by atoms with van der Waals surface area (Å²) in [5, 5.41) is 0. The van der Waals surface area contributed by atoms with E-state index >= 15 is 0 Å². The summed E-state index contributed by atoms with van der Waals surface area (Å²) in [6.45, 7) is 6.12. The van der Waals surface area contributed by atoms with Crippen LogP contribution in [0, 0.1) is 0 Å².